The molecule has 0 unspecified atom stereocenters. The first-order chi connectivity index (χ1) is 9.72. The van der Waals surface area contributed by atoms with Crippen molar-refractivity contribution in [2.45, 2.75) is 20.3 Å². The van der Waals surface area contributed by atoms with Gasteiger partial charge in [-0.25, -0.2) is 4.98 Å². The molecule has 5 nitrogen and oxygen atoms in total. The second-order valence-electron chi connectivity index (χ2n) is 4.47. The van der Waals surface area contributed by atoms with Gasteiger partial charge in [-0.15, -0.1) is 0 Å². The molecule has 104 valence electrons. The van der Waals surface area contributed by atoms with E-state index in [4.69, 9.17) is 0 Å². The summed E-state index contributed by atoms with van der Waals surface area (Å²) in [7, 11) is 0. The van der Waals surface area contributed by atoms with Gasteiger partial charge in [-0.05, 0) is 37.1 Å². The van der Waals surface area contributed by atoms with Crippen LogP contribution in [-0.2, 0) is 0 Å². The number of nitrogens with one attached hydrogen (secondary N) is 2. The molecule has 2 heterocycles. The molecule has 0 spiro atoms. The highest BCUT2D eigenvalue weighted by Crippen LogP contribution is 2.16. The molecule has 0 aliphatic heterocycles. The van der Waals surface area contributed by atoms with E-state index in [0.717, 1.165) is 18.5 Å². The van der Waals surface area contributed by atoms with E-state index in [1.165, 1.54) is 0 Å². The molecule has 20 heavy (non-hydrogen) atoms. The predicted molar refractivity (Wildman–Crippen MR) is 79.9 cm³/mol. The van der Waals surface area contributed by atoms with E-state index >= 15 is 0 Å². The van der Waals surface area contributed by atoms with Gasteiger partial charge in [0.25, 0.3) is 5.91 Å². The van der Waals surface area contributed by atoms with E-state index in [0.29, 0.717) is 17.1 Å². The van der Waals surface area contributed by atoms with Gasteiger partial charge in [0.05, 0.1) is 17.4 Å². The summed E-state index contributed by atoms with van der Waals surface area (Å²) in [6.07, 6.45) is 5.98. The van der Waals surface area contributed by atoms with Crippen molar-refractivity contribution in [3.05, 3.63) is 47.9 Å². The van der Waals surface area contributed by atoms with Crippen LogP contribution in [0, 0.1) is 6.92 Å². The van der Waals surface area contributed by atoms with Gasteiger partial charge >= 0.3 is 0 Å². The lowest BCUT2D eigenvalue weighted by Crippen LogP contribution is -2.16. The molecule has 5 heteroatoms. The van der Waals surface area contributed by atoms with Crippen molar-refractivity contribution in [1.82, 2.24) is 9.97 Å². The summed E-state index contributed by atoms with van der Waals surface area (Å²) in [5, 5.41) is 6.02. The molecule has 2 aromatic heterocycles. The number of anilines is 2. The molecule has 2 N–H and O–H groups in total. The fourth-order valence-electron chi connectivity index (χ4n) is 1.76. The summed E-state index contributed by atoms with van der Waals surface area (Å²) in [5.74, 6) is 0.418. The first-order valence-electron chi connectivity index (χ1n) is 6.63. The second-order valence-corrected chi connectivity index (χ2v) is 4.47. The monoisotopic (exact) mass is 270 g/mol. The maximum absolute atomic E-state index is 12.3. The maximum atomic E-state index is 12.3. The molecular formula is C15H18N4O. The quantitative estimate of drug-likeness (QED) is 0.876. The highest BCUT2D eigenvalue weighted by atomic mass is 16.1. The Balaban J connectivity index is 2.19. The highest BCUT2D eigenvalue weighted by Gasteiger charge is 2.12. The molecule has 0 aliphatic rings. The van der Waals surface area contributed by atoms with Crippen molar-refractivity contribution >= 4 is 17.4 Å². The smallest absolute Gasteiger partial charge is 0.259 e. The van der Waals surface area contributed by atoms with Gasteiger partial charge in [-0.3, -0.25) is 9.78 Å². The third kappa shape index (κ3) is 3.32. The van der Waals surface area contributed by atoms with Gasteiger partial charge in [-0.1, -0.05) is 6.92 Å². The van der Waals surface area contributed by atoms with Gasteiger partial charge in [0.2, 0.25) is 0 Å². The predicted octanol–water partition coefficient (Wildman–Crippen LogP) is 2.86. The van der Waals surface area contributed by atoms with E-state index in [1.54, 1.807) is 30.7 Å². The molecule has 0 saturated heterocycles. The Hall–Kier alpha value is -2.43. The minimum Gasteiger partial charge on any atom is -0.369 e. The first kappa shape index (κ1) is 14.0. The lowest BCUT2D eigenvalue weighted by molar-refractivity contribution is 0.102. The number of amides is 1. The molecule has 2 rings (SSSR count). The van der Waals surface area contributed by atoms with E-state index in [-0.39, 0.29) is 5.91 Å². The topological polar surface area (TPSA) is 66.9 Å². The minimum absolute atomic E-state index is 0.187. The first-order valence-corrected chi connectivity index (χ1v) is 6.63. The molecule has 0 bridgehead atoms. The molecule has 0 aromatic carbocycles. The third-order valence-electron chi connectivity index (χ3n) is 2.88. The van der Waals surface area contributed by atoms with Gasteiger partial charge in [0.15, 0.2) is 0 Å². The van der Waals surface area contributed by atoms with E-state index in [9.17, 15) is 4.79 Å². The number of carbonyl (C=O) groups excluding carboxylic acids is 1. The number of hydrogen-bond donors (Lipinski definition) is 2. The molecule has 0 atom stereocenters. The Labute approximate surface area is 118 Å². The zero-order valence-electron chi connectivity index (χ0n) is 11.7. The van der Waals surface area contributed by atoms with E-state index in [1.807, 2.05) is 13.0 Å². The van der Waals surface area contributed by atoms with Crippen LogP contribution in [0.15, 0.2) is 36.8 Å². The van der Waals surface area contributed by atoms with Crippen molar-refractivity contribution in [3.63, 3.8) is 0 Å². The van der Waals surface area contributed by atoms with Crippen LogP contribution in [0.25, 0.3) is 0 Å². The number of aromatic nitrogens is 2. The van der Waals surface area contributed by atoms with E-state index < -0.39 is 0 Å². The van der Waals surface area contributed by atoms with Gasteiger partial charge in [0.1, 0.15) is 5.82 Å². The van der Waals surface area contributed by atoms with Crippen LogP contribution in [0.2, 0.25) is 0 Å². The van der Waals surface area contributed by atoms with Crippen molar-refractivity contribution in [3.8, 4) is 0 Å². The SMILES string of the molecule is CCCNc1ncccc1C(=O)Nc1cnccc1C. The summed E-state index contributed by atoms with van der Waals surface area (Å²) in [4.78, 5) is 20.6. The minimum atomic E-state index is -0.187. The molecule has 0 saturated carbocycles. The van der Waals surface area contributed by atoms with Crippen molar-refractivity contribution in [1.29, 1.82) is 0 Å². The Morgan fingerprint density at radius 1 is 1.30 bits per heavy atom. The molecule has 1 amide bonds. The van der Waals surface area contributed by atoms with Crippen molar-refractivity contribution < 1.29 is 4.79 Å². The average Bonchev–Trinajstić information content (AvgIpc) is 2.47. The van der Waals surface area contributed by atoms with Gasteiger partial charge in [-0.2, -0.15) is 0 Å². The largest absolute Gasteiger partial charge is 0.369 e. The standard InChI is InChI=1S/C15H18N4O/c1-3-7-17-14-12(5-4-8-18-14)15(20)19-13-10-16-9-6-11(13)2/h4-6,8-10H,3,7H2,1-2H3,(H,17,18)(H,19,20). The Morgan fingerprint density at radius 3 is 2.90 bits per heavy atom. The molecule has 0 aliphatic carbocycles. The molecule has 0 fully saturated rings. The van der Waals surface area contributed by atoms with Crippen molar-refractivity contribution in [2.75, 3.05) is 17.2 Å². The zero-order valence-corrected chi connectivity index (χ0v) is 11.7. The summed E-state index contributed by atoms with van der Waals surface area (Å²) >= 11 is 0. The van der Waals surface area contributed by atoms with E-state index in [2.05, 4.69) is 27.5 Å². The lowest BCUT2D eigenvalue weighted by atomic mass is 10.2. The number of rotatable bonds is 5. The highest BCUT2D eigenvalue weighted by molar-refractivity contribution is 6.07. The second kappa shape index (κ2) is 6.65. The van der Waals surface area contributed by atoms with Crippen LogP contribution in [0.1, 0.15) is 29.3 Å². The molecule has 0 radical (unpaired) electrons. The van der Waals surface area contributed by atoms with Gasteiger partial charge in [0, 0.05) is 18.9 Å². The van der Waals surface area contributed by atoms with Crippen LogP contribution in [-0.4, -0.2) is 22.4 Å². The van der Waals surface area contributed by atoms with Gasteiger partial charge < -0.3 is 10.6 Å². The zero-order chi connectivity index (χ0) is 14.4. The number of aryl methyl sites for hydroxylation is 1. The molecule has 2 aromatic rings. The van der Waals surface area contributed by atoms with Crippen LogP contribution in [0.3, 0.4) is 0 Å². The number of carbonyl (C=O) groups is 1. The Kier molecular flexibility index (Phi) is 4.65. The summed E-state index contributed by atoms with van der Waals surface area (Å²) < 4.78 is 0. The Morgan fingerprint density at radius 2 is 2.15 bits per heavy atom. The van der Waals surface area contributed by atoms with Crippen LogP contribution in [0.4, 0.5) is 11.5 Å². The number of hydrogen-bond acceptors (Lipinski definition) is 4. The summed E-state index contributed by atoms with van der Waals surface area (Å²) in [5.41, 5.74) is 2.22. The lowest BCUT2D eigenvalue weighted by Gasteiger charge is -2.11. The summed E-state index contributed by atoms with van der Waals surface area (Å²) in [6.45, 7) is 4.77. The third-order valence-corrected chi connectivity index (χ3v) is 2.88. The van der Waals surface area contributed by atoms with Crippen LogP contribution >= 0.6 is 0 Å². The fraction of sp³-hybridized carbons (Fsp3) is 0.267. The van der Waals surface area contributed by atoms with Crippen LogP contribution < -0.4 is 10.6 Å². The van der Waals surface area contributed by atoms with Crippen molar-refractivity contribution in [2.24, 2.45) is 0 Å². The van der Waals surface area contributed by atoms with Crippen LogP contribution in [0.5, 0.6) is 0 Å². The molecular weight excluding hydrogens is 252 g/mol. The Bertz CT molecular complexity index is 598. The maximum Gasteiger partial charge on any atom is 0.259 e. The summed E-state index contributed by atoms with van der Waals surface area (Å²) in [6, 6.07) is 5.36. The number of pyridine rings is 2. The normalized spacial score (nSPS) is 10.1. The fourth-order valence-corrected chi connectivity index (χ4v) is 1.76. The number of nitrogens with zero attached hydrogens (tertiary/aromatic N) is 2. The average molecular weight is 270 g/mol.